The highest BCUT2D eigenvalue weighted by atomic mass is 16.2. The fourth-order valence-electron chi connectivity index (χ4n) is 2.78. The number of nitrogens with one attached hydrogen (secondary N) is 3. The summed E-state index contributed by atoms with van der Waals surface area (Å²) in [6.45, 7) is 4.12. The van der Waals surface area contributed by atoms with Gasteiger partial charge in [0.2, 0.25) is 11.8 Å². The van der Waals surface area contributed by atoms with E-state index in [0.29, 0.717) is 17.8 Å². The summed E-state index contributed by atoms with van der Waals surface area (Å²) in [7, 11) is 1.67. The summed E-state index contributed by atoms with van der Waals surface area (Å²) in [6.07, 6.45) is 0. The number of aryl methyl sites for hydroxylation is 1. The highest BCUT2D eigenvalue weighted by Crippen LogP contribution is 2.19. The molecule has 2 aromatic rings. The van der Waals surface area contributed by atoms with Crippen LogP contribution in [-0.2, 0) is 9.59 Å². The topological polar surface area (TPSA) is 90.5 Å². The molecule has 2 aromatic carbocycles. The number of imide groups is 1. The molecular formula is C21H26N4O3. The minimum atomic E-state index is -0.785. The lowest BCUT2D eigenvalue weighted by atomic mass is 10.0. The molecule has 0 saturated heterocycles. The fourth-order valence-corrected chi connectivity index (χ4v) is 2.78. The molecular weight excluding hydrogens is 356 g/mol. The second-order valence-electron chi connectivity index (χ2n) is 6.49. The Balaban J connectivity index is 2.10. The van der Waals surface area contributed by atoms with Gasteiger partial charge in [-0.05, 0) is 38.6 Å². The third-order valence-electron chi connectivity index (χ3n) is 4.11. The molecule has 1 unspecified atom stereocenters. The van der Waals surface area contributed by atoms with Gasteiger partial charge < -0.3 is 10.6 Å². The van der Waals surface area contributed by atoms with E-state index in [1.165, 1.54) is 0 Å². The molecule has 0 fully saturated rings. The molecule has 3 N–H and O–H groups in total. The van der Waals surface area contributed by atoms with E-state index in [2.05, 4.69) is 16.0 Å². The SMILES string of the molecule is CCNC(=O)NC(=O)C(c1ccccc1)N(C)CC(=O)Nc1ccc(C)cc1. The lowest BCUT2D eigenvalue weighted by Gasteiger charge is -2.26. The number of hydrogen-bond donors (Lipinski definition) is 3. The first-order chi connectivity index (χ1) is 13.4. The van der Waals surface area contributed by atoms with E-state index in [1.807, 2.05) is 49.4 Å². The van der Waals surface area contributed by atoms with Crippen molar-refractivity contribution in [2.75, 3.05) is 25.5 Å². The first-order valence-corrected chi connectivity index (χ1v) is 9.11. The third kappa shape index (κ3) is 6.21. The molecule has 4 amide bonds. The van der Waals surface area contributed by atoms with Crippen molar-refractivity contribution in [3.63, 3.8) is 0 Å². The molecule has 28 heavy (non-hydrogen) atoms. The molecule has 0 spiro atoms. The summed E-state index contributed by atoms with van der Waals surface area (Å²) in [5.74, 6) is -0.749. The number of anilines is 1. The maximum absolute atomic E-state index is 12.7. The zero-order valence-corrected chi connectivity index (χ0v) is 16.4. The first-order valence-electron chi connectivity index (χ1n) is 9.11. The van der Waals surface area contributed by atoms with Crippen molar-refractivity contribution in [1.29, 1.82) is 0 Å². The van der Waals surface area contributed by atoms with Crippen molar-refractivity contribution in [3.05, 3.63) is 65.7 Å². The summed E-state index contributed by atoms with van der Waals surface area (Å²) >= 11 is 0. The van der Waals surface area contributed by atoms with Crippen LogP contribution in [0.25, 0.3) is 0 Å². The largest absolute Gasteiger partial charge is 0.338 e. The average molecular weight is 382 g/mol. The number of nitrogens with zero attached hydrogens (tertiary/aromatic N) is 1. The maximum Gasteiger partial charge on any atom is 0.321 e. The molecule has 0 bridgehead atoms. The fraction of sp³-hybridized carbons (Fsp3) is 0.286. The second kappa shape index (κ2) is 10.2. The van der Waals surface area contributed by atoms with E-state index in [0.717, 1.165) is 5.56 Å². The zero-order valence-electron chi connectivity index (χ0n) is 16.4. The van der Waals surface area contributed by atoms with Crippen molar-refractivity contribution >= 4 is 23.5 Å². The average Bonchev–Trinajstić information content (AvgIpc) is 2.64. The predicted octanol–water partition coefficient (Wildman–Crippen LogP) is 2.45. The number of carbonyl (C=O) groups excluding carboxylic acids is 3. The number of carbonyl (C=O) groups is 3. The van der Waals surface area contributed by atoms with Crippen LogP contribution in [-0.4, -0.2) is 42.9 Å². The summed E-state index contributed by atoms with van der Waals surface area (Å²) < 4.78 is 0. The van der Waals surface area contributed by atoms with E-state index in [4.69, 9.17) is 0 Å². The minimum Gasteiger partial charge on any atom is -0.338 e. The lowest BCUT2D eigenvalue weighted by Crippen LogP contribution is -2.46. The molecule has 148 valence electrons. The number of hydrogen-bond acceptors (Lipinski definition) is 4. The molecule has 0 saturated carbocycles. The van der Waals surface area contributed by atoms with E-state index in [9.17, 15) is 14.4 Å². The number of benzene rings is 2. The standard InChI is InChI=1S/C21H26N4O3/c1-4-22-21(28)24-20(27)19(16-8-6-5-7-9-16)25(3)14-18(26)23-17-12-10-15(2)11-13-17/h5-13,19H,4,14H2,1-3H3,(H,23,26)(H2,22,24,27,28). The molecule has 7 heteroatoms. The molecule has 0 aliphatic carbocycles. The van der Waals surface area contributed by atoms with Crippen LogP contribution in [0.4, 0.5) is 10.5 Å². The Hall–Kier alpha value is -3.19. The van der Waals surface area contributed by atoms with Crippen LogP contribution >= 0.6 is 0 Å². The molecule has 7 nitrogen and oxygen atoms in total. The number of rotatable bonds is 7. The molecule has 0 aliphatic rings. The number of amides is 4. The van der Waals surface area contributed by atoms with Crippen LogP contribution in [0, 0.1) is 6.92 Å². The van der Waals surface area contributed by atoms with Crippen LogP contribution in [0.1, 0.15) is 24.1 Å². The highest BCUT2D eigenvalue weighted by molar-refractivity contribution is 5.98. The zero-order chi connectivity index (χ0) is 20.5. The Morgan fingerprint density at radius 3 is 2.25 bits per heavy atom. The molecule has 0 radical (unpaired) electrons. The summed E-state index contributed by atoms with van der Waals surface area (Å²) in [4.78, 5) is 38.5. The van der Waals surface area contributed by atoms with Crippen LogP contribution in [0.15, 0.2) is 54.6 Å². The third-order valence-corrected chi connectivity index (χ3v) is 4.11. The summed E-state index contributed by atoms with van der Waals surface area (Å²) in [5.41, 5.74) is 2.48. The monoisotopic (exact) mass is 382 g/mol. The van der Waals surface area contributed by atoms with Crippen molar-refractivity contribution in [2.45, 2.75) is 19.9 Å². The van der Waals surface area contributed by atoms with Crippen molar-refractivity contribution in [1.82, 2.24) is 15.5 Å². The molecule has 0 heterocycles. The van der Waals surface area contributed by atoms with Gasteiger partial charge >= 0.3 is 6.03 Å². The van der Waals surface area contributed by atoms with Gasteiger partial charge in [0.25, 0.3) is 0 Å². The van der Waals surface area contributed by atoms with Gasteiger partial charge in [0, 0.05) is 12.2 Å². The van der Waals surface area contributed by atoms with Crippen LogP contribution in [0.3, 0.4) is 0 Å². The lowest BCUT2D eigenvalue weighted by molar-refractivity contribution is -0.126. The Morgan fingerprint density at radius 2 is 1.64 bits per heavy atom. The van der Waals surface area contributed by atoms with E-state index >= 15 is 0 Å². The van der Waals surface area contributed by atoms with Crippen molar-refractivity contribution < 1.29 is 14.4 Å². The van der Waals surface area contributed by atoms with Crippen LogP contribution in [0.5, 0.6) is 0 Å². The molecule has 2 rings (SSSR count). The van der Waals surface area contributed by atoms with Gasteiger partial charge in [-0.15, -0.1) is 0 Å². The smallest absolute Gasteiger partial charge is 0.321 e. The van der Waals surface area contributed by atoms with Gasteiger partial charge in [0.1, 0.15) is 6.04 Å². The number of likely N-dealkylation sites (N-methyl/N-ethyl adjacent to an activating group) is 1. The Bertz CT molecular complexity index is 806. The van der Waals surface area contributed by atoms with Gasteiger partial charge in [0.15, 0.2) is 0 Å². The number of urea groups is 1. The predicted molar refractivity (Wildman–Crippen MR) is 109 cm³/mol. The van der Waals surface area contributed by atoms with Gasteiger partial charge in [0.05, 0.1) is 6.54 Å². The van der Waals surface area contributed by atoms with Gasteiger partial charge in [-0.2, -0.15) is 0 Å². The van der Waals surface area contributed by atoms with Crippen LogP contribution in [0.2, 0.25) is 0 Å². The minimum absolute atomic E-state index is 0.0176. The maximum atomic E-state index is 12.7. The van der Waals surface area contributed by atoms with Gasteiger partial charge in [-0.1, -0.05) is 48.0 Å². The van der Waals surface area contributed by atoms with E-state index in [-0.39, 0.29) is 12.5 Å². The van der Waals surface area contributed by atoms with Crippen molar-refractivity contribution in [2.24, 2.45) is 0 Å². The van der Waals surface area contributed by atoms with E-state index in [1.54, 1.807) is 31.0 Å². The Kier molecular flexibility index (Phi) is 7.71. The Morgan fingerprint density at radius 1 is 1.00 bits per heavy atom. The van der Waals surface area contributed by atoms with Gasteiger partial charge in [-0.25, -0.2) is 4.79 Å². The molecule has 0 aromatic heterocycles. The second-order valence-corrected chi connectivity index (χ2v) is 6.49. The summed E-state index contributed by atoms with van der Waals surface area (Å²) in [5, 5.41) is 7.67. The summed E-state index contributed by atoms with van der Waals surface area (Å²) in [6, 6.07) is 15.1. The van der Waals surface area contributed by atoms with E-state index < -0.39 is 18.0 Å². The van der Waals surface area contributed by atoms with Gasteiger partial charge in [-0.3, -0.25) is 19.8 Å². The highest BCUT2D eigenvalue weighted by Gasteiger charge is 2.27. The first kappa shape index (κ1) is 21.1. The molecule has 1 atom stereocenters. The quantitative estimate of drug-likeness (QED) is 0.686. The normalized spacial score (nSPS) is 11.6. The molecule has 0 aliphatic heterocycles. The van der Waals surface area contributed by atoms with Crippen molar-refractivity contribution in [3.8, 4) is 0 Å². The Labute approximate surface area is 165 Å². The van der Waals surface area contributed by atoms with Crippen LogP contribution < -0.4 is 16.0 Å².